The molecule has 0 aliphatic carbocycles. The molecule has 0 atom stereocenters. The lowest BCUT2D eigenvalue weighted by molar-refractivity contribution is 0.206. The third kappa shape index (κ3) is 10.3. The van der Waals surface area contributed by atoms with Crippen LogP contribution in [-0.2, 0) is 0 Å². The summed E-state index contributed by atoms with van der Waals surface area (Å²) in [5.74, 6) is 1.01. The molecule has 0 radical (unpaired) electrons. The van der Waals surface area contributed by atoms with E-state index in [1.54, 1.807) is 0 Å². The van der Waals surface area contributed by atoms with Crippen LogP contribution in [0.25, 0.3) is 0 Å². The zero-order valence-electron chi connectivity index (χ0n) is 17.9. The van der Waals surface area contributed by atoms with Crippen molar-refractivity contribution < 1.29 is 0 Å². The van der Waals surface area contributed by atoms with E-state index in [9.17, 15) is 0 Å². The highest BCUT2D eigenvalue weighted by Crippen LogP contribution is 2.10. The molecule has 2 rings (SSSR count). The predicted molar refractivity (Wildman–Crippen MR) is 127 cm³/mol. The Kier molecular flexibility index (Phi) is 13.7. The second kappa shape index (κ2) is 14.8. The van der Waals surface area contributed by atoms with Crippen LogP contribution < -0.4 is 10.6 Å². The van der Waals surface area contributed by atoms with Crippen LogP contribution in [0.2, 0.25) is 0 Å². The number of guanidine groups is 1. The molecule has 0 amide bonds. The molecule has 0 aromatic rings. The number of hydrogen-bond acceptors (Lipinski definition) is 4. The van der Waals surface area contributed by atoms with Crippen LogP contribution in [0.5, 0.6) is 0 Å². The van der Waals surface area contributed by atoms with Crippen LogP contribution in [0.4, 0.5) is 0 Å². The van der Waals surface area contributed by atoms with E-state index in [2.05, 4.69) is 46.2 Å². The highest BCUT2D eigenvalue weighted by atomic mass is 127. The first-order valence-corrected chi connectivity index (χ1v) is 10.9. The second-order valence-corrected chi connectivity index (χ2v) is 7.87. The molecule has 7 heteroatoms. The van der Waals surface area contributed by atoms with Crippen molar-refractivity contribution in [3.63, 3.8) is 0 Å². The first kappa shape index (κ1) is 24.9. The largest absolute Gasteiger partial charge is 0.357 e. The van der Waals surface area contributed by atoms with Gasteiger partial charge in [0, 0.05) is 45.3 Å². The van der Waals surface area contributed by atoms with Crippen molar-refractivity contribution in [3.8, 4) is 0 Å². The van der Waals surface area contributed by atoms with Gasteiger partial charge in [0.15, 0.2) is 5.96 Å². The van der Waals surface area contributed by atoms with Crippen molar-refractivity contribution >= 4 is 29.9 Å². The standard InChI is InChI=1S/C20H42N6.HI/c1-4-11-25-15-8-19(9-16-25)23-20(21-5-2)22-10-6-13-26-14-7-12-24(3)17-18-26;/h19H,4-18H2,1-3H3,(H2,21,22,23);1H. The van der Waals surface area contributed by atoms with E-state index < -0.39 is 0 Å². The first-order chi connectivity index (χ1) is 12.7. The third-order valence-electron chi connectivity index (χ3n) is 5.53. The van der Waals surface area contributed by atoms with Crippen molar-refractivity contribution in [1.82, 2.24) is 25.3 Å². The Morgan fingerprint density at radius 3 is 2.41 bits per heavy atom. The summed E-state index contributed by atoms with van der Waals surface area (Å²) in [6.07, 6.45) is 6.16. The van der Waals surface area contributed by atoms with Gasteiger partial charge < -0.3 is 25.3 Å². The summed E-state index contributed by atoms with van der Waals surface area (Å²) < 4.78 is 0. The Bertz CT molecular complexity index is 398. The van der Waals surface area contributed by atoms with Gasteiger partial charge in [-0.1, -0.05) is 6.92 Å². The van der Waals surface area contributed by atoms with E-state index in [0.717, 1.165) is 25.5 Å². The van der Waals surface area contributed by atoms with E-state index in [0.29, 0.717) is 6.04 Å². The predicted octanol–water partition coefficient (Wildman–Crippen LogP) is 2.06. The van der Waals surface area contributed by atoms with Crippen LogP contribution in [0.3, 0.4) is 0 Å². The Morgan fingerprint density at radius 1 is 0.963 bits per heavy atom. The zero-order valence-corrected chi connectivity index (χ0v) is 20.2. The van der Waals surface area contributed by atoms with Crippen LogP contribution >= 0.6 is 24.0 Å². The van der Waals surface area contributed by atoms with Gasteiger partial charge in [-0.05, 0) is 72.3 Å². The summed E-state index contributed by atoms with van der Waals surface area (Å²) in [6.45, 7) is 16.0. The third-order valence-corrected chi connectivity index (χ3v) is 5.53. The fourth-order valence-electron chi connectivity index (χ4n) is 3.94. The lowest BCUT2D eigenvalue weighted by Crippen LogP contribution is -2.48. The summed E-state index contributed by atoms with van der Waals surface area (Å²) in [7, 11) is 2.23. The molecule has 0 bridgehead atoms. The summed E-state index contributed by atoms with van der Waals surface area (Å²) in [5.41, 5.74) is 0. The SMILES string of the molecule is CCCN1CCC(NC(=NCCCN2CCCN(C)CC2)NCC)CC1.I. The van der Waals surface area contributed by atoms with Gasteiger partial charge in [-0.3, -0.25) is 4.99 Å². The number of hydrogen-bond donors (Lipinski definition) is 2. The van der Waals surface area contributed by atoms with E-state index >= 15 is 0 Å². The van der Waals surface area contributed by atoms with Gasteiger partial charge in [0.25, 0.3) is 0 Å². The number of nitrogens with one attached hydrogen (secondary N) is 2. The minimum atomic E-state index is 0. The lowest BCUT2D eigenvalue weighted by Gasteiger charge is -2.32. The van der Waals surface area contributed by atoms with Gasteiger partial charge in [0.2, 0.25) is 0 Å². The van der Waals surface area contributed by atoms with E-state index in [-0.39, 0.29) is 24.0 Å². The number of halogens is 1. The number of nitrogens with zero attached hydrogens (tertiary/aromatic N) is 4. The van der Waals surface area contributed by atoms with Gasteiger partial charge in [-0.2, -0.15) is 0 Å². The first-order valence-electron chi connectivity index (χ1n) is 10.9. The topological polar surface area (TPSA) is 46.1 Å². The van der Waals surface area contributed by atoms with E-state index in [1.165, 1.54) is 78.0 Å². The normalized spacial score (nSPS) is 21.5. The molecular formula is C20H43IN6. The fraction of sp³-hybridized carbons (Fsp3) is 0.950. The molecule has 0 saturated carbocycles. The molecule has 2 aliphatic heterocycles. The molecule has 2 heterocycles. The molecule has 2 N–H and O–H groups in total. The molecule has 0 spiro atoms. The monoisotopic (exact) mass is 494 g/mol. The highest BCUT2D eigenvalue weighted by molar-refractivity contribution is 14.0. The quantitative estimate of drug-likeness (QED) is 0.234. The average Bonchev–Trinajstić information content (AvgIpc) is 2.85. The van der Waals surface area contributed by atoms with Crippen molar-refractivity contribution in [2.45, 2.75) is 52.0 Å². The van der Waals surface area contributed by atoms with Crippen molar-refractivity contribution in [2.24, 2.45) is 4.99 Å². The van der Waals surface area contributed by atoms with Gasteiger partial charge >= 0.3 is 0 Å². The molecule has 0 unspecified atom stereocenters. The number of likely N-dealkylation sites (N-methyl/N-ethyl adjacent to an activating group) is 1. The van der Waals surface area contributed by atoms with Crippen molar-refractivity contribution in [3.05, 3.63) is 0 Å². The molecule has 0 aromatic carbocycles. The molecule has 27 heavy (non-hydrogen) atoms. The number of likely N-dealkylation sites (tertiary alicyclic amines) is 1. The molecule has 160 valence electrons. The number of rotatable bonds is 8. The zero-order chi connectivity index (χ0) is 18.6. The van der Waals surface area contributed by atoms with E-state index in [1.807, 2.05) is 0 Å². The average molecular weight is 495 g/mol. The summed E-state index contributed by atoms with van der Waals surface area (Å²) >= 11 is 0. The van der Waals surface area contributed by atoms with Crippen molar-refractivity contribution in [1.29, 1.82) is 0 Å². The van der Waals surface area contributed by atoms with Gasteiger partial charge in [0.1, 0.15) is 0 Å². The van der Waals surface area contributed by atoms with Gasteiger partial charge in [0.05, 0.1) is 0 Å². The smallest absolute Gasteiger partial charge is 0.191 e. The maximum absolute atomic E-state index is 4.83. The Morgan fingerprint density at radius 2 is 1.70 bits per heavy atom. The molecule has 2 saturated heterocycles. The Balaban J connectivity index is 0.00000364. The molecule has 2 fully saturated rings. The lowest BCUT2D eigenvalue weighted by atomic mass is 10.1. The summed E-state index contributed by atoms with van der Waals surface area (Å²) in [4.78, 5) is 12.5. The highest BCUT2D eigenvalue weighted by Gasteiger charge is 2.19. The van der Waals surface area contributed by atoms with Gasteiger partial charge in [-0.25, -0.2) is 0 Å². The Labute approximate surface area is 184 Å². The maximum Gasteiger partial charge on any atom is 0.191 e. The van der Waals surface area contributed by atoms with Crippen LogP contribution in [0, 0.1) is 0 Å². The van der Waals surface area contributed by atoms with Crippen LogP contribution in [0.1, 0.15) is 46.0 Å². The van der Waals surface area contributed by atoms with Crippen LogP contribution in [0.15, 0.2) is 4.99 Å². The van der Waals surface area contributed by atoms with Crippen molar-refractivity contribution in [2.75, 3.05) is 72.5 Å². The summed E-state index contributed by atoms with van der Waals surface area (Å²) in [5, 5.41) is 7.09. The molecule has 6 nitrogen and oxygen atoms in total. The summed E-state index contributed by atoms with van der Waals surface area (Å²) in [6, 6.07) is 0.571. The minimum Gasteiger partial charge on any atom is -0.357 e. The fourth-order valence-corrected chi connectivity index (χ4v) is 3.94. The molecule has 2 aliphatic rings. The maximum atomic E-state index is 4.83. The number of aliphatic imine (C=N–C) groups is 1. The van der Waals surface area contributed by atoms with E-state index in [4.69, 9.17) is 4.99 Å². The number of piperidine rings is 1. The minimum absolute atomic E-state index is 0. The molecular weight excluding hydrogens is 451 g/mol. The van der Waals surface area contributed by atoms with Crippen LogP contribution in [-0.4, -0.2) is 99.2 Å². The molecule has 0 aromatic heterocycles. The Hall–Kier alpha value is -0.120. The van der Waals surface area contributed by atoms with Gasteiger partial charge in [-0.15, -0.1) is 24.0 Å². The second-order valence-electron chi connectivity index (χ2n) is 7.87.